The molecule has 6 rings (SSSR count). The molecule has 4 aromatic heterocycles. The topological polar surface area (TPSA) is 129 Å². The van der Waals surface area contributed by atoms with Gasteiger partial charge in [-0.2, -0.15) is 23.3 Å². The van der Waals surface area contributed by atoms with Crippen LogP contribution in [0.3, 0.4) is 0 Å². The minimum Gasteiger partial charge on any atom is -0.384 e. The second kappa shape index (κ2) is 7.70. The molecule has 5 heterocycles. The highest BCUT2D eigenvalue weighted by molar-refractivity contribution is 5.95. The molecule has 36 heavy (non-hydrogen) atoms. The lowest BCUT2D eigenvalue weighted by molar-refractivity contribution is -0.166. The Morgan fingerprint density at radius 3 is 2.72 bits per heavy atom. The Morgan fingerprint density at radius 1 is 1.25 bits per heavy atom. The summed E-state index contributed by atoms with van der Waals surface area (Å²) in [5, 5.41) is 8.43. The molecule has 4 aromatic rings. The molecular weight excluding hydrogens is 484 g/mol. The maximum absolute atomic E-state index is 14.8. The van der Waals surface area contributed by atoms with Crippen LogP contribution >= 0.6 is 0 Å². The number of anilines is 1. The van der Waals surface area contributed by atoms with Gasteiger partial charge in [0, 0.05) is 30.8 Å². The molecule has 1 aliphatic carbocycles. The van der Waals surface area contributed by atoms with E-state index in [1.54, 1.807) is 11.0 Å². The number of nitrogens with zero attached hydrogens (tertiary/aromatic N) is 7. The molecule has 1 aliphatic heterocycles. The summed E-state index contributed by atoms with van der Waals surface area (Å²) in [6.07, 6.45) is -0.775. The van der Waals surface area contributed by atoms with Gasteiger partial charge < -0.3 is 15.2 Å². The third-order valence-electron chi connectivity index (χ3n) is 6.69. The number of hydrogen-bond donors (Lipinski definition) is 1. The number of hydrogen-bond acceptors (Lipinski definition) is 8. The van der Waals surface area contributed by atoms with Gasteiger partial charge in [0.25, 0.3) is 5.91 Å². The average Bonchev–Trinajstić information content (AvgIpc) is 3.38. The normalized spacial score (nSPS) is 17.4. The Balaban J connectivity index is 1.25. The summed E-state index contributed by atoms with van der Waals surface area (Å²) in [5.41, 5.74) is 4.71. The molecule has 0 unspecified atom stereocenters. The number of nitrogens with two attached hydrogens (primary N) is 1. The molecule has 1 saturated carbocycles. The highest BCUT2D eigenvalue weighted by atomic mass is 19.4. The Morgan fingerprint density at radius 2 is 2.03 bits per heavy atom. The summed E-state index contributed by atoms with van der Waals surface area (Å²) in [7, 11) is 0. The second-order valence-electron chi connectivity index (χ2n) is 9.03. The lowest BCUT2D eigenvalue weighted by atomic mass is 9.93. The Labute approximate surface area is 200 Å². The molecule has 186 valence electrons. The van der Waals surface area contributed by atoms with Crippen LogP contribution in [-0.4, -0.2) is 60.0 Å². The number of nitrogen functional groups attached to an aromatic ring is 1. The number of alkyl halides is 3. The third-order valence-corrected chi connectivity index (χ3v) is 6.69. The predicted octanol–water partition coefficient (Wildman–Crippen LogP) is 2.81. The molecule has 14 heteroatoms. The van der Waals surface area contributed by atoms with Crippen LogP contribution in [0.2, 0.25) is 0 Å². The molecule has 0 atom stereocenters. The quantitative estimate of drug-likeness (QED) is 0.413. The summed E-state index contributed by atoms with van der Waals surface area (Å²) in [6, 6.07) is 3.04. The highest BCUT2D eigenvalue weighted by Gasteiger charge is 2.68. The van der Waals surface area contributed by atoms with Crippen LogP contribution in [0.4, 0.5) is 23.4 Å². The van der Waals surface area contributed by atoms with E-state index < -0.39 is 23.3 Å². The number of halogens is 4. The molecule has 1 saturated heterocycles. The second-order valence-corrected chi connectivity index (χ2v) is 9.03. The molecule has 1 amide bonds. The number of amides is 1. The Bertz CT molecular complexity index is 1490. The van der Waals surface area contributed by atoms with Crippen molar-refractivity contribution in [2.45, 2.75) is 36.9 Å². The van der Waals surface area contributed by atoms with Crippen LogP contribution in [0, 0.1) is 5.82 Å². The molecule has 0 aromatic carbocycles. The van der Waals surface area contributed by atoms with Gasteiger partial charge in [0.15, 0.2) is 11.6 Å². The zero-order valence-electron chi connectivity index (χ0n) is 18.5. The van der Waals surface area contributed by atoms with Gasteiger partial charge in [-0.3, -0.25) is 14.5 Å². The number of fused-ring (bicyclic) bond motifs is 1. The largest absolute Gasteiger partial charge is 0.403 e. The number of pyridine rings is 2. The molecule has 0 spiro atoms. The fraction of sp³-hybridized carbons (Fsp3) is 0.364. The zero-order valence-corrected chi connectivity index (χ0v) is 18.5. The number of carbonyl (C=O) groups is 1. The van der Waals surface area contributed by atoms with Crippen LogP contribution in [0.15, 0.2) is 35.2 Å². The lowest BCUT2D eigenvalue weighted by Crippen LogP contribution is -2.48. The van der Waals surface area contributed by atoms with Gasteiger partial charge in [0.1, 0.15) is 17.8 Å². The Kier molecular flexibility index (Phi) is 4.78. The smallest absolute Gasteiger partial charge is 0.384 e. The van der Waals surface area contributed by atoms with Gasteiger partial charge in [-0.1, -0.05) is 5.16 Å². The monoisotopic (exact) mass is 502 g/mol. The van der Waals surface area contributed by atoms with E-state index in [9.17, 15) is 22.4 Å². The predicted molar refractivity (Wildman–Crippen MR) is 115 cm³/mol. The number of carbonyl (C=O) groups excluding carboxylic acids is 1. The summed E-state index contributed by atoms with van der Waals surface area (Å²) < 4.78 is 61.3. The van der Waals surface area contributed by atoms with Crippen LogP contribution in [0.1, 0.15) is 46.5 Å². The molecular formula is C22H18F4N8O2. The van der Waals surface area contributed by atoms with Crippen LogP contribution in [0.25, 0.3) is 10.9 Å². The molecule has 0 bridgehead atoms. The van der Waals surface area contributed by atoms with Gasteiger partial charge in [-0.15, -0.1) is 0 Å². The van der Waals surface area contributed by atoms with Crippen LogP contribution in [-0.2, 0) is 12.0 Å². The third kappa shape index (κ3) is 3.46. The zero-order chi connectivity index (χ0) is 25.2. The van der Waals surface area contributed by atoms with Crippen molar-refractivity contribution in [2.24, 2.45) is 0 Å². The lowest BCUT2D eigenvalue weighted by Gasteiger charge is -2.38. The number of rotatable bonds is 5. The maximum atomic E-state index is 14.8. The van der Waals surface area contributed by atoms with E-state index in [2.05, 4.69) is 25.2 Å². The van der Waals surface area contributed by atoms with E-state index in [0.717, 1.165) is 6.20 Å². The van der Waals surface area contributed by atoms with E-state index >= 15 is 0 Å². The van der Waals surface area contributed by atoms with Crippen LogP contribution in [0.5, 0.6) is 0 Å². The van der Waals surface area contributed by atoms with Crippen molar-refractivity contribution in [3.05, 3.63) is 59.5 Å². The number of likely N-dealkylation sites (tertiary alicyclic amines) is 1. The summed E-state index contributed by atoms with van der Waals surface area (Å²) in [6.45, 7) is 0.468. The first-order valence-electron chi connectivity index (χ1n) is 11.1. The fourth-order valence-corrected chi connectivity index (χ4v) is 4.49. The molecule has 0 radical (unpaired) electrons. The highest BCUT2D eigenvalue weighted by Crippen LogP contribution is 2.58. The van der Waals surface area contributed by atoms with Crippen LogP contribution < -0.4 is 5.73 Å². The minimum atomic E-state index is -4.48. The first kappa shape index (κ1) is 22.4. The van der Waals surface area contributed by atoms with Crippen molar-refractivity contribution in [3.63, 3.8) is 0 Å². The molecule has 2 fully saturated rings. The standard InChI is InChI=1S/C22H18F4N8O2/c23-13-6-28-7-14-17(13)18(12-8-33(9-12)19(35)11-1-4-29-15(27)5-11)31-34(14)10-16-30-20(36-32-16)21(2-3-21)22(24,25)26/h1,4-7,12H,2-3,8-10H2,(H2,27,29). The van der Waals surface area contributed by atoms with E-state index in [0.29, 0.717) is 29.9 Å². The van der Waals surface area contributed by atoms with Gasteiger partial charge >= 0.3 is 6.18 Å². The maximum Gasteiger partial charge on any atom is 0.403 e. The van der Waals surface area contributed by atoms with E-state index in [1.165, 1.54) is 23.1 Å². The van der Waals surface area contributed by atoms with Crippen molar-refractivity contribution in [2.75, 3.05) is 18.8 Å². The van der Waals surface area contributed by atoms with E-state index in [4.69, 9.17) is 10.3 Å². The first-order chi connectivity index (χ1) is 17.2. The van der Waals surface area contributed by atoms with Gasteiger partial charge in [0.05, 0.1) is 29.0 Å². The van der Waals surface area contributed by atoms with Gasteiger partial charge in [0.2, 0.25) is 5.89 Å². The van der Waals surface area contributed by atoms with Crippen molar-refractivity contribution in [1.82, 2.24) is 34.8 Å². The van der Waals surface area contributed by atoms with Crippen molar-refractivity contribution in [3.8, 4) is 0 Å². The minimum absolute atomic E-state index is 0.0126. The summed E-state index contributed by atoms with van der Waals surface area (Å²) >= 11 is 0. The molecule has 2 aliphatic rings. The summed E-state index contributed by atoms with van der Waals surface area (Å²) in [5.74, 6) is -1.34. The van der Waals surface area contributed by atoms with Gasteiger partial charge in [-0.05, 0) is 25.0 Å². The number of aromatic nitrogens is 6. The summed E-state index contributed by atoms with van der Waals surface area (Å²) in [4.78, 5) is 26.0. The fourth-order valence-electron chi connectivity index (χ4n) is 4.49. The van der Waals surface area contributed by atoms with Crippen molar-refractivity contribution < 1.29 is 26.9 Å². The van der Waals surface area contributed by atoms with Crippen molar-refractivity contribution in [1.29, 1.82) is 0 Å². The van der Waals surface area contributed by atoms with E-state index in [1.807, 2.05) is 0 Å². The molecule has 10 nitrogen and oxygen atoms in total. The SMILES string of the molecule is Nc1cc(C(=O)N2CC(c3nn(Cc4noc(C5(C(F)(F)F)CC5)n4)c4cncc(F)c34)C2)ccn1. The van der Waals surface area contributed by atoms with Gasteiger partial charge in [-0.25, -0.2) is 9.37 Å². The first-order valence-corrected chi connectivity index (χ1v) is 11.1. The van der Waals surface area contributed by atoms with Crippen molar-refractivity contribution >= 4 is 22.6 Å². The average molecular weight is 502 g/mol. The Hall–Kier alpha value is -4.10. The molecule has 2 N–H and O–H groups in total. The van der Waals surface area contributed by atoms with E-state index in [-0.39, 0.29) is 48.2 Å².